The molecule has 0 aliphatic carbocycles. The van der Waals surface area contributed by atoms with Gasteiger partial charge in [0.1, 0.15) is 5.15 Å². The molecule has 1 heterocycles. The van der Waals surface area contributed by atoms with Crippen molar-refractivity contribution in [3.05, 3.63) is 39.2 Å². The summed E-state index contributed by atoms with van der Waals surface area (Å²) < 4.78 is 11.8. The summed E-state index contributed by atoms with van der Waals surface area (Å²) in [6, 6.07) is 3.35. The van der Waals surface area contributed by atoms with Crippen molar-refractivity contribution < 1.29 is 9.24 Å². The van der Waals surface area contributed by atoms with E-state index in [1.165, 1.54) is 11.6 Å². The zero-order valence-electron chi connectivity index (χ0n) is 9.29. The van der Waals surface area contributed by atoms with Crippen LogP contribution in [0, 0.1) is 10.1 Å². The second-order valence-corrected chi connectivity index (χ2v) is 6.24. The standard InChI is InChI=1S/C9H12ClN3O3S/c1-7(6-17(2,16)12-13(14)15)8-3-4-9(10)11-5-8/h3-7H,1-2H3,(H,12,16). The first-order chi connectivity index (χ1) is 7.80. The monoisotopic (exact) mass is 277 g/mol. The van der Waals surface area contributed by atoms with Gasteiger partial charge in [-0.1, -0.05) is 29.4 Å². The van der Waals surface area contributed by atoms with E-state index in [2.05, 4.69) is 4.98 Å². The number of hydrazine groups is 1. The van der Waals surface area contributed by atoms with Crippen LogP contribution in [-0.4, -0.2) is 25.8 Å². The number of hydrogen-bond acceptors (Lipinski definition) is 4. The Bertz CT molecular complexity index is 523. The van der Waals surface area contributed by atoms with E-state index in [-0.39, 0.29) is 5.92 Å². The van der Waals surface area contributed by atoms with Gasteiger partial charge in [-0.2, -0.15) is 0 Å². The van der Waals surface area contributed by atoms with Gasteiger partial charge in [-0.25, -0.2) is 19.3 Å². The number of pyridine rings is 1. The molecule has 0 saturated carbocycles. The van der Waals surface area contributed by atoms with Crippen LogP contribution < -0.4 is 4.83 Å². The summed E-state index contributed by atoms with van der Waals surface area (Å²) >= 11 is 5.64. The summed E-state index contributed by atoms with van der Waals surface area (Å²) in [5.74, 6) is -0.232. The van der Waals surface area contributed by atoms with E-state index in [0.29, 0.717) is 5.15 Å². The molecule has 1 aromatic rings. The zero-order valence-corrected chi connectivity index (χ0v) is 10.9. The lowest BCUT2D eigenvalue weighted by molar-refractivity contribution is -0.517. The maximum atomic E-state index is 11.8. The molecule has 1 aromatic heterocycles. The predicted octanol–water partition coefficient (Wildman–Crippen LogP) is 1.25. The minimum Gasteiger partial charge on any atom is -0.244 e. The second kappa shape index (κ2) is 5.33. The van der Waals surface area contributed by atoms with Gasteiger partial charge < -0.3 is 0 Å². The zero-order chi connectivity index (χ0) is 13.1. The van der Waals surface area contributed by atoms with E-state index < -0.39 is 14.7 Å². The first-order valence-electron chi connectivity index (χ1n) is 4.67. The number of nitro groups is 1. The summed E-state index contributed by atoms with van der Waals surface area (Å²) in [7, 11) is -2.82. The van der Waals surface area contributed by atoms with Crippen molar-refractivity contribution in [3.63, 3.8) is 0 Å². The molecule has 2 atom stereocenters. The third-order valence-electron chi connectivity index (χ3n) is 2.00. The lowest BCUT2D eigenvalue weighted by Crippen LogP contribution is -2.30. The lowest BCUT2D eigenvalue weighted by Gasteiger charge is -2.08. The van der Waals surface area contributed by atoms with Crippen molar-refractivity contribution in [2.75, 3.05) is 6.26 Å². The summed E-state index contributed by atoms with van der Waals surface area (Å²) in [6.07, 6.45) is 2.82. The molecule has 0 aromatic carbocycles. The van der Waals surface area contributed by atoms with E-state index in [9.17, 15) is 14.3 Å². The van der Waals surface area contributed by atoms with Crippen LogP contribution >= 0.6 is 11.6 Å². The molecule has 0 fully saturated rings. The molecule has 0 spiro atoms. The quantitative estimate of drug-likeness (QED) is 0.388. The molecule has 0 aliphatic rings. The van der Waals surface area contributed by atoms with Gasteiger partial charge in [0.2, 0.25) is 0 Å². The Balaban J connectivity index is 2.94. The normalized spacial score (nSPS) is 15.7. The van der Waals surface area contributed by atoms with Gasteiger partial charge in [0.25, 0.3) is 0 Å². The van der Waals surface area contributed by atoms with Crippen LogP contribution in [0.3, 0.4) is 0 Å². The fraction of sp³-hybridized carbons (Fsp3) is 0.333. The highest BCUT2D eigenvalue weighted by Crippen LogP contribution is 2.14. The van der Waals surface area contributed by atoms with Crippen LogP contribution in [0.1, 0.15) is 18.4 Å². The lowest BCUT2D eigenvalue weighted by atomic mass is 10.1. The predicted molar refractivity (Wildman–Crippen MR) is 67.9 cm³/mol. The minimum absolute atomic E-state index is 0.232. The first kappa shape index (κ1) is 13.7. The van der Waals surface area contributed by atoms with E-state index in [1.807, 2.05) is 0 Å². The fourth-order valence-electron chi connectivity index (χ4n) is 1.30. The van der Waals surface area contributed by atoms with E-state index in [4.69, 9.17) is 11.6 Å². The summed E-state index contributed by atoms with van der Waals surface area (Å²) in [5.41, 5.74) is 0.786. The topological polar surface area (TPSA) is 85.1 Å². The average molecular weight is 278 g/mol. The molecule has 8 heteroatoms. The van der Waals surface area contributed by atoms with Crippen LogP contribution in [0.5, 0.6) is 0 Å². The maximum Gasteiger partial charge on any atom is 0.170 e. The smallest absolute Gasteiger partial charge is 0.170 e. The largest absolute Gasteiger partial charge is 0.244 e. The van der Waals surface area contributed by atoms with Crippen molar-refractivity contribution in [1.29, 1.82) is 0 Å². The van der Waals surface area contributed by atoms with Crippen LogP contribution in [0.15, 0.2) is 18.3 Å². The molecule has 1 N–H and O–H groups in total. The van der Waals surface area contributed by atoms with Gasteiger partial charge in [0, 0.05) is 18.4 Å². The van der Waals surface area contributed by atoms with Crippen LogP contribution in [0.2, 0.25) is 5.15 Å². The number of hydrogen-bond donors (Lipinski definition) is 1. The molecule has 2 unspecified atom stereocenters. The van der Waals surface area contributed by atoms with Gasteiger partial charge in [0.05, 0.1) is 9.71 Å². The van der Waals surface area contributed by atoms with Crippen LogP contribution in [0.25, 0.3) is 0 Å². The van der Waals surface area contributed by atoms with Gasteiger partial charge >= 0.3 is 0 Å². The van der Waals surface area contributed by atoms with Gasteiger partial charge in [-0.3, -0.25) is 0 Å². The van der Waals surface area contributed by atoms with Crippen LogP contribution in [0.4, 0.5) is 0 Å². The van der Waals surface area contributed by atoms with Gasteiger partial charge in [0.15, 0.2) is 5.03 Å². The Morgan fingerprint density at radius 2 is 2.29 bits per heavy atom. The number of rotatable bonds is 4. The molecule has 1 rings (SSSR count). The highest BCUT2D eigenvalue weighted by atomic mass is 35.5. The molecular formula is C9H12ClN3O3S. The molecule has 0 radical (unpaired) electrons. The molecule has 0 bridgehead atoms. The molecule has 0 saturated heterocycles. The highest BCUT2D eigenvalue weighted by molar-refractivity contribution is 7.98. The fourth-order valence-corrected chi connectivity index (χ4v) is 2.71. The molecule has 0 amide bonds. The van der Waals surface area contributed by atoms with Crippen molar-refractivity contribution in [3.8, 4) is 0 Å². The van der Waals surface area contributed by atoms with Crippen LogP contribution in [-0.2, 0) is 9.71 Å². The molecule has 0 aliphatic heterocycles. The number of aromatic nitrogens is 1. The Morgan fingerprint density at radius 3 is 2.76 bits per heavy atom. The first-order valence-corrected chi connectivity index (χ1v) is 7.08. The van der Waals surface area contributed by atoms with Gasteiger partial charge in [-0.05, 0) is 17.0 Å². The highest BCUT2D eigenvalue weighted by Gasteiger charge is 2.10. The third-order valence-corrected chi connectivity index (χ3v) is 3.66. The second-order valence-electron chi connectivity index (χ2n) is 3.59. The number of nitrogens with one attached hydrogen (secondary N) is 1. The summed E-state index contributed by atoms with van der Waals surface area (Å²) in [5, 5.41) is 11.2. The van der Waals surface area contributed by atoms with E-state index in [0.717, 1.165) is 5.56 Å². The van der Waals surface area contributed by atoms with E-state index >= 15 is 0 Å². The summed E-state index contributed by atoms with van der Waals surface area (Å²) in [6.45, 7) is 1.77. The Kier molecular flexibility index (Phi) is 4.30. The van der Waals surface area contributed by atoms with Crippen molar-refractivity contribution in [2.24, 2.45) is 0 Å². The minimum atomic E-state index is -2.82. The number of nitrogens with zero attached hydrogens (tertiary/aromatic N) is 2. The maximum absolute atomic E-state index is 11.8. The SMILES string of the molecule is CC(C=S(C)(=O)N[N+](=O)[O-])c1ccc(Cl)nc1. The summed E-state index contributed by atoms with van der Waals surface area (Å²) in [4.78, 5) is 15.9. The Morgan fingerprint density at radius 1 is 1.65 bits per heavy atom. The third kappa shape index (κ3) is 4.58. The van der Waals surface area contributed by atoms with Gasteiger partial charge in [-0.15, -0.1) is 0 Å². The van der Waals surface area contributed by atoms with Crippen molar-refractivity contribution in [2.45, 2.75) is 12.8 Å². The Hall–Kier alpha value is -1.34. The molecule has 94 valence electrons. The molecule has 17 heavy (non-hydrogen) atoms. The van der Waals surface area contributed by atoms with E-state index in [1.54, 1.807) is 30.1 Å². The molecule has 6 nitrogen and oxygen atoms in total. The Labute approximate surface area is 104 Å². The molecular weight excluding hydrogens is 266 g/mol. The number of halogens is 1. The van der Waals surface area contributed by atoms with Crippen molar-refractivity contribution in [1.82, 2.24) is 9.82 Å². The van der Waals surface area contributed by atoms with Crippen molar-refractivity contribution >= 4 is 26.7 Å². The average Bonchev–Trinajstić information content (AvgIpc) is 2.15.